The Kier molecular flexibility index (Phi) is 6.85. The number of aromatic nitrogens is 2. The molecule has 1 fully saturated rings. The van der Waals surface area contributed by atoms with E-state index in [0.29, 0.717) is 19.4 Å². The summed E-state index contributed by atoms with van der Waals surface area (Å²) in [5.41, 5.74) is 5.32. The number of hydrogen-bond donors (Lipinski definition) is 2. The molecule has 1 aliphatic rings. The van der Waals surface area contributed by atoms with Crippen molar-refractivity contribution in [1.82, 2.24) is 19.4 Å². The molecule has 1 atom stereocenters. The predicted molar refractivity (Wildman–Crippen MR) is 86.4 cm³/mol. The first-order valence-electron chi connectivity index (χ1n) is 8.14. The SMILES string of the molecule is NCCC(=O)NCC1CCCCN1S(=O)(=O)c1cnn(CC(F)F)c1. The van der Waals surface area contributed by atoms with Gasteiger partial charge in [-0.05, 0) is 12.8 Å². The van der Waals surface area contributed by atoms with Crippen molar-refractivity contribution in [2.24, 2.45) is 5.73 Å². The largest absolute Gasteiger partial charge is 0.354 e. The van der Waals surface area contributed by atoms with Gasteiger partial charge in [0.25, 0.3) is 6.43 Å². The molecule has 25 heavy (non-hydrogen) atoms. The lowest BCUT2D eigenvalue weighted by Gasteiger charge is -2.34. The molecule has 2 rings (SSSR count). The summed E-state index contributed by atoms with van der Waals surface area (Å²) in [6.45, 7) is 0.0823. The standard InChI is InChI=1S/C14H23F2N5O3S/c15-13(16)10-20-9-12(8-19-20)25(23,24)21-6-2-1-3-11(21)7-18-14(22)4-5-17/h8-9,11,13H,1-7,10,17H2,(H,18,22). The number of nitrogens with one attached hydrogen (secondary N) is 1. The Morgan fingerprint density at radius 1 is 1.44 bits per heavy atom. The predicted octanol–water partition coefficient (Wildman–Crippen LogP) is 0.156. The Labute approximate surface area is 145 Å². The first-order valence-corrected chi connectivity index (χ1v) is 9.58. The van der Waals surface area contributed by atoms with Gasteiger partial charge in [-0.2, -0.15) is 9.40 Å². The van der Waals surface area contributed by atoms with Gasteiger partial charge in [0.1, 0.15) is 11.4 Å². The quantitative estimate of drug-likeness (QED) is 0.668. The van der Waals surface area contributed by atoms with Gasteiger partial charge in [0, 0.05) is 38.3 Å². The van der Waals surface area contributed by atoms with Crippen LogP contribution in [0.1, 0.15) is 25.7 Å². The van der Waals surface area contributed by atoms with Gasteiger partial charge in [-0.15, -0.1) is 0 Å². The second kappa shape index (κ2) is 8.68. The van der Waals surface area contributed by atoms with Gasteiger partial charge < -0.3 is 11.1 Å². The summed E-state index contributed by atoms with van der Waals surface area (Å²) in [7, 11) is -3.86. The smallest absolute Gasteiger partial charge is 0.257 e. The highest BCUT2D eigenvalue weighted by molar-refractivity contribution is 7.89. The van der Waals surface area contributed by atoms with Gasteiger partial charge >= 0.3 is 0 Å². The second-order valence-corrected chi connectivity index (χ2v) is 7.79. The first-order chi connectivity index (χ1) is 11.8. The third kappa shape index (κ3) is 5.19. The number of sulfonamides is 1. The summed E-state index contributed by atoms with van der Waals surface area (Å²) in [6, 6.07) is -0.376. The van der Waals surface area contributed by atoms with E-state index in [9.17, 15) is 22.0 Å². The maximum atomic E-state index is 12.8. The Balaban J connectivity index is 2.11. The molecule has 1 unspecified atom stereocenters. The highest BCUT2D eigenvalue weighted by Gasteiger charge is 2.34. The highest BCUT2D eigenvalue weighted by atomic mass is 32.2. The van der Waals surface area contributed by atoms with Crippen LogP contribution in [0.25, 0.3) is 0 Å². The van der Waals surface area contributed by atoms with Gasteiger partial charge in [-0.1, -0.05) is 6.42 Å². The second-order valence-electron chi connectivity index (χ2n) is 5.90. The van der Waals surface area contributed by atoms with E-state index in [1.54, 1.807) is 0 Å². The maximum Gasteiger partial charge on any atom is 0.257 e. The molecule has 0 aliphatic carbocycles. The van der Waals surface area contributed by atoms with Crippen LogP contribution in [-0.2, 0) is 21.4 Å². The molecule has 0 aromatic carbocycles. The molecule has 1 aromatic rings. The topological polar surface area (TPSA) is 110 Å². The molecule has 11 heteroatoms. The molecule has 2 heterocycles. The Morgan fingerprint density at radius 2 is 2.20 bits per heavy atom. The molecule has 1 amide bonds. The molecule has 8 nitrogen and oxygen atoms in total. The minimum Gasteiger partial charge on any atom is -0.354 e. The first kappa shape index (κ1) is 19.7. The normalized spacial score (nSPS) is 19.3. The summed E-state index contributed by atoms with van der Waals surface area (Å²) < 4.78 is 52.7. The van der Waals surface area contributed by atoms with E-state index in [4.69, 9.17) is 5.73 Å². The van der Waals surface area contributed by atoms with Crippen LogP contribution in [0.4, 0.5) is 8.78 Å². The van der Waals surface area contributed by atoms with E-state index >= 15 is 0 Å². The van der Waals surface area contributed by atoms with Crippen LogP contribution in [0.15, 0.2) is 17.3 Å². The number of nitrogens with zero attached hydrogens (tertiary/aromatic N) is 3. The monoisotopic (exact) mass is 379 g/mol. The molecule has 1 aliphatic heterocycles. The average molecular weight is 379 g/mol. The molecule has 3 N–H and O–H groups in total. The number of piperidine rings is 1. The zero-order valence-electron chi connectivity index (χ0n) is 13.8. The molecule has 0 radical (unpaired) electrons. The van der Waals surface area contributed by atoms with Crippen LogP contribution in [-0.4, -0.2) is 60.5 Å². The van der Waals surface area contributed by atoms with Gasteiger partial charge in [0.2, 0.25) is 15.9 Å². The molecule has 0 bridgehead atoms. The van der Waals surface area contributed by atoms with E-state index in [-0.39, 0.29) is 36.4 Å². The van der Waals surface area contributed by atoms with Crippen molar-refractivity contribution < 1.29 is 22.0 Å². The zero-order chi connectivity index (χ0) is 18.4. The molecular formula is C14H23F2N5O3S. The fourth-order valence-electron chi connectivity index (χ4n) is 2.80. The number of nitrogens with two attached hydrogens (primary N) is 1. The number of hydrogen-bond acceptors (Lipinski definition) is 5. The molecule has 1 aromatic heterocycles. The third-order valence-corrected chi connectivity index (χ3v) is 5.93. The number of carbonyl (C=O) groups excluding carboxylic acids is 1. The number of halogens is 2. The summed E-state index contributed by atoms with van der Waals surface area (Å²) in [5, 5.41) is 6.38. The fourth-order valence-corrected chi connectivity index (χ4v) is 4.45. The zero-order valence-corrected chi connectivity index (χ0v) is 14.6. The van der Waals surface area contributed by atoms with Crippen LogP contribution < -0.4 is 11.1 Å². The Hall–Kier alpha value is -1.59. The summed E-state index contributed by atoms with van der Waals surface area (Å²) in [6.07, 6.45) is 1.94. The molecule has 1 saturated heterocycles. The van der Waals surface area contributed by atoms with Crippen molar-refractivity contribution in [3.8, 4) is 0 Å². The number of alkyl halides is 2. The molecule has 0 spiro atoms. The lowest BCUT2D eigenvalue weighted by molar-refractivity contribution is -0.121. The Morgan fingerprint density at radius 3 is 2.88 bits per heavy atom. The van der Waals surface area contributed by atoms with Crippen LogP contribution in [0.5, 0.6) is 0 Å². The molecule has 0 saturated carbocycles. The van der Waals surface area contributed by atoms with E-state index in [2.05, 4.69) is 10.4 Å². The van der Waals surface area contributed by atoms with E-state index < -0.39 is 23.0 Å². The van der Waals surface area contributed by atoms with Crippen molar-refractivity contribution in [1.29, 1.82) is 0 Å². The summed E-state index contributed by atoms with van der Waals surface area (Å²) in [4.78, 5) is 11.5. The lowest BCUT2D eigenvalue weighted by Crippen LogP contribution is -2.49. The molecular weight excluding hydrogens is 356 g/mol. The minimum atomic E-state index is -3.86. The van der Waals surface area contributed by atoms with Crippen LogP contribution in [0.3, 0.4) is 0 Å². The lowest BCUT2D eigenvalue weighted by atomic mass is 10.1. The van der Waals surface area contributed by atoms with Crippen LogP contribution in [0, 0.1) is 0 Å². The van der Waals surface area contributed by atoms with Gasteiger partial charge in [0.15, 0.2) is 0 Å². The van der Waals surface area contributed by atoms with Crippen molar-refractivity contribution in [3.05, 3.63) is 12.4 Å². The van der Waals surface area contributed by atoms with Crippen LogP contribution >= 0.6 is 0 Å². The van der Waals surface area contributed by atoms with E-state index in [1.165, 1.54) is 4.31 Å². The van der Waals surface area contributed by atoms with Crippen molar-refractivity contribution >= 4 is 15.9 Å². The van der Waals surface area contributed by atoms with Crippen molar-refractivity contribution in [2.75, 3.05) is 19.6 Å². The van der Waals surface area contributed by atoms with Crippen LogP contribution in [0.2, 0.25) is 0 Å². The minimum absolute atomic E-state index is 0.117. The van der Waals surface area contributed by atoms with Gasteiger partial charge in [-0.25, -0.2) is 17.2 Å². The Bertz CT molecular complexity index is 680. The van der Waals surface area contributed by atoms with Gasteiger partial charge in [-0.3, -0.25) is 9.48 Å². The van der Waals surface area contributed by atoms with E-state index in [0.717, 1.165) is 23.5 Å². The number of carbonyl (C=O) groups is 1. The number of amides is 1. The van der Waals surface area contributed by atoms with Gasteiger partial charge in [0.05, 0.1) is 6.20 Å². The number of rotatable bonds is 8. The highest BCUT2D eigenvalue weighted by Crippen LogP contribution is 2.25. The van der Waals surface area contributed by atoms with E-state index in [1.807, 2.05) is 0 Å². The fraction of sp³-hybridized carbons (Fsp3) is 0.714. The molecule has 142 valence electrons. The third-order valence-electron chi connectivity index (χ3n) is 4.02. The summed E-state index contributed by atoms with van der Waals surface area (Å²) >= 11 is 0. The van der Waals surface area contributed by atoms with Crippen molar-refractivity contribution in [2.45, 2.75) is 49.6 Å². The maximum absolute atomic E-state index is 12.8. The average Bonchev–Trinajstić information content (AvgIpc) is 3.02. The van der Waals surface area contributed by atoms with Crippen molar-refractivity contribution in [3.63, 3.8) is 0 Å². The summed E-state index contributed by atoms with van der Waals surface area (Å²) in [5.74, 6) is -0.227.